The molecule has 0 unspecified atom stereocenters. The first-order chi connectivity index (χ1) is 10.0. The van der Waals surface area contributed by atoms with Gasteiger partial charge in [0.25, 0.3) is 5.69 Å². The summed E-state index contributed by atoms with van der Waals surface area (Å²) in [7, 11) is 2.92. The number of rotatable bonds is 8. The Morgan fingerprint density at radius 3 is 2.62 bits per heavy atom. The number of nitrogens with zero attached hydrogens (tertiary/aromatic N) is 2. The van der Waals surface area contributed by atoms with Crippen molar-refractivity contribution in [3.8, 4) is 0 Å². The summed E-state index contributed by atoms with van der Waals surface area (Å²) in [6.07, 6.45) is 0.211. The molecule has 7 heteroatoms. The second-order valence-corrected chi connectivity index (χ2v) is 4.48. The number of carbonyl (C=O) groups is 1. The predicted octanol–water partition coefficient (Wildman–Crippen LogP) is 1.92. The standard InChI is InChI=1S/C14H20N2O5/c1-11-12(5-4-6-13(11)16(18)19)15(9-10-20-2)8-7-14(17)21-3/h4-6H,7-10H2,1-3H3. The minimum Gasteiger partial charge on any atom is -0.469 e. The minimum atomic E-state index is -0.409. The van der Waals surface area contributed by atoms with Crippen molar-refractivity contribution in [2.45, 2.75) is 13.3 Å². The third kappa shape index (κ3) is 4.71. The Morgan fingerprint density at radius 1 is 1.33 bits per heavy atom. The van der Waals surface area contributed by atoms with E-state index in [1.165, 1.54) is 13.2 Å². The molecule has 0 atom stereocenters. The van der Waals surface area contributed by atoms with E-state index in [4.69, 9.17) is 4.74 Å². The molecule has 0 bridgehead atoms. The number of benzene rings is 1. The molecule has 0 radical (unpaired) electrons. The zero-order valence-corrected chi connectivity index (χ0v) is 12.5. The first-order valence-corrected chi connectivity index (χ1v) is 6.56. The maximum absolute atomic E-state index is 11.3. The number of esters is 1. The summed E-state index contributed by atoms with van der Waals surface area (Å²) in [5.74, 6) is -0.319. The van der Waals surface area contributed by atoms with Crippen LogP contribution >= 0.6 is 0 Å². The summed E-state index contributed by atoms with van der Waals surface area (Å²) in [6, 6.07) is 4.90. The van der Waals surface area contributed by atoms with E-state index >= 15 is 0 Å². The molecule has 0 amide bonds. The molecular formula is C14H20N2O5. The van der Waals surface area contributed by atoms with Gasteiger partial charge in [0, 0.05) is 32.0 Å². The summed E-state index contributed by atoms with van der Waals surface area (Å²) in [6.45, 7) is 3.11. The van der Waals surface area contributed by atoms with Gasteiger partial charge >= 0.3 is 5.97 Å². The number of methoxy groups -OCH3 is 2. The largest absolute Gasteiger partial charge is 0.469 e. The lowest BCUT2D eigenvalue weighted by molar-refractivity contribution is -0.385. The van der Waals surface area contributed by atoms with Crippen molar-refractivity contribution in [1.82, 2.24) is 0 Å². The van der Waals surface area contributed by atoms with Gasteiger partial charge in [-0.15, -0.1) is 0 Å². The van der Waals surface area contributed by atoms with Crippen LogP contribution in [0.4, 0.5) is 11.4 Å². The quantitative estimate of drug-likeness (QED) is 0.414. The van der Waals surface area contributed by atoms with Crippen molar-refractivity contribution in [3.05, 3.63) is 33.9 Å². The molecule has 0 aliphatic rings. The van der Waals surface area contributed by atoms with Gasteiger partial charge in [-0.05, 0) is 13.0 Å². The predicted molar refractivity (Wildman–Crippen MR) is 78.6 cm³/mol. The second-order valence-electron chi connectivity index (χ2n) is 4.48. The summed E-state index contributed by atoms with van der Waals surface area (Å²) in [5, 5.41) is 11.0. The van der Waals surface area contributed by atoms with Gasteiger partial charge < -0.3 is 14.4 Å². The van der Waals surface area contributed by atoms with Crippen LogP contribution in [0.2, 0.25) is 0 Å². The van der Waals surface area contributed by atoms with Crippen LogP contribution in [0, 0.1) is 17.0 Å². The van der Waals surface area contributed by atoms with Gasteiger partial charge in [0.2, 0.25) is 0 Å². The van der Waals surface area contributed by atoms with Crippen molar-refractivity contribution < 1.29 is 19.2 Å². The van der Waals surface area contributed by atoms with E-state index in [1.54, 1.807) is 26.2 Å². The molecule has 0 fully saturated rings. The Balaban J connectivity index is 2.99. The van der Waals surface area contributed by atoms with Crippen molar-refractivity contribution in [1.29, 1.82) is 0 Å². The van der Waals surface area contributed by atoms with Gasteiger partial charge in [-0.3, -0.25) is 14.9 Å². The molecular weight excluding hydrogens is 276 g/mol. The van der Waals surface area contributed by atoms with Crippen LogP contribution in [-0.4, -0.2) is 44.8 Å². The first-order valence-electron chi connectivity index (χ1n) is 6.56. The lowest BCUT2D eigenvalue weighted by Crippen LogP contribution is -2.30. The highest BCUT2D eigenvalue weighted by Crippen LogP contribution is 2.28. The fourth-order valence-electron chi connectivity index (χ4n) is 2.03. The van der Waals surface area contributed by atoms with Crippen LogP contribution in [0.15, 0.2) is 18.2 Å². The highest BCUT2D eigenvalue weighted by atomic mass is 16.6. The van der Waals surface area contributed by atoms with Crippen molar-refractivity contribution in [3.63, 3.8) is 0 Å². The first kappa shape index (κ1) is 16.9. The molecule has 0 heterocycles. The zero-order chi connectivity index (χ0) is 15.8. The van der Waals surface area contributed by atoms with Crippen LogP contribution in [0.1, 0.15) is 12.0 Å². The Kier molecular flexibility index (Phi) is 6.61. The van der Waals surface area contributed by atoms with E-state index in [1.807, 2.05) is 4.90 Å². The lowest BCUT2D eigenvalue weighted by Gasteiger charge is -2.25. The van der Waals surface area contributed by atoms with Crippen molar-refractivity contribution in [2.24, 2.45) is 0 Å². The normalized spacial score (nSPS) is 10.2. The number of carbonyl (C=O) groups excluding carboxylic acids is 1. The highest BCUT2D eigenvalue weighted by Gasteiger charge is 2.18. The van der Waals surface area contributed by atoms with E-state index < -0.39 is 4.92 Å². The van der Waals surface area contributed by atoms with Gasteiger partial charge in [0.05, 0.1) is 30.6 Å². The summed E-state index contributed by atoms with van der Waals surface area (Å²) >= 11 is 0. The molecule has 0 aromatic heterocycles. The maximum Gasteiger partial charge on any atom is 0.307 e. The lowest BCUT2D eigenvalue weighted by atomic mass is 10.1. The Hall–Kier alpha value is -2.15. The molecule has 0 spiro atoms. The molecule has 0 saturated heterocycles. The van der Waals surface area contributed by atoms with E-state index in [9.17, 15) is 14.9 Å². The number of anilines is 1. The Bertz CT molecular complexity index is 504. The smallest absolute Gasteiger partial charge is 0.307 e. The highest BCUT2D eigenvalue weighted by molar-refractivity contribution is 5.70. The Labute approximate surface area is 123 Å². The molecule has 0 aliphatic heterocycles. The SMILES string of the molecule is COCCN(CCC(=O)OC)c1cccc([N+](=O)[O-])c1C. The number of nitro groups is 1. The number of ether oxygens (including phenoxy) is 2. The molecule has 1 rings (SSSR count). The van der Waals surface area contributed by atoms with E-state index in [0.717, 1.165) is 5.69 Å². The topological polar surface area (TPSA) is 81.9 Å². The molecule has 116 valence electrons. The molecule has 0 N–H and O–H groups in total. The fraction of sp³-hybridized carbons (Fsp3) is 0.500. The molecule has 7 nitrogen and oxygen atoms in total. The monoisotopic (exact) mass is 296 g/mol. The minimum absolute atomic E-state index is 0.0629. The number of hydrogen-bond acceptors (Lipinski definition) is 6. The molecule has 1 aromatic rings. The third-order valence-corrected chi connectivity index (χ3v) is 3.19. The molecule has 21 heavy (non-hydrogen) atoms. The molecule has 1 aromatic carbocycles. The fourth-order valence-corrected chi connectivity index (χ4v) is 2.03. The van der Waals surface area contributed by atoms with Gasteiger partial charge in [-0.25, -0.2) is 0 Å². The maximum atomic E-state index is 11.3. The van der Waals surface area contributed by atoms with E-state index in [-0.39, 0.29) is 18.1 Å². The van der Waals surface area contributed by atoms with Crippen LogP contribution in [0.25, 0.3) is 0 Å². The van der Waals surface area contributed by atoms with Crippen LogP contribution < -0.4 is 4.90 Å². The average Bonchev–Trinajstić information content (AvgIpc) is 2.47. The van der Waals surface area contributed by atoms with E-state index in [2.05, 4.69) is 4.74 Å². The van der Waals surface area contributed by atoms with Gasteiger partial charge in [-0.2, -0.15) is 0 Å². The van der Waals surface area contributed by atoms with Crippen LogP contribution in [0.3, 0.4) is 0 Å². The summed E-state index contributed by atoms with van der Waals surface area (Å²) in [5.41, 5.74) is 1.36. The van der Waals surface area contributed by atoms with E-state index in [0.29, 0.717) is 25.3 Å². The summed E-state index contributed by atoms with van der Waals surface area (Å²) < 4.78 is 9.68. The van der Waals surface area contributed by atoms with Crippen molar-refractivity contribution >= 4 is 17.3 Å². The Morgan fingerprint density at radius 2 is 2.05 bits per heavy atom. The van der Waals surface area contributed by atoms with Gasteiger partial charge in [0.15, 0.2) is 0 Å². The van der Waals surface area contributed by atoms with Crippen LogP contribution in [0.5, 0.6) is 0 Å². The van der Waals surface area contributed by atoms with Crippen molar-refractivity contribution in [2.75, 3.05) is 38.8 Å². The molecule has 0 aliphatic carbocycles. The van der Waals surface area contributed by atoms with Crippen LogP contribution in [-0.2, 0) is 14.3 Å². The second kappa shape index (κ2) is 8.21. The summed E-state index contributed by atoms with van der Waals surface area (Å²) in [4.78, 5) is 23.8. The number of nitro benzene ring substituents is 1. The zero-order valence-electron chi connectivity index (χ0n) is 12.5. The van der Waals surface area contributed by atoms with Gasteiger partial charge in [0.1, 0.15) is 0 Å². The number of hydrogen-bond donors (Lipinski definition) is 0. The average molecular weight is 296 g/mol. The molecule has 0 saturated carbocycles. The third-order valence-electron chi connectivity index (χ3n) is 3.19. The van der Waals surface area contributed by atoms with Gasteiger partial charge in [-0.1, -0.05) is 6.07 Å².